The Morgan fingerprint density at radius 2 is 2.33 bits per heavy atom. The Hall–Kier alpha value is -0.540. The molecular weight excluding hydrogens is 194 g/mol. The molecule has 1 rings (SSSR count). The Labute approximate surface area is 80.5 Å². The standard InChI is InChI=1S/C8H10ClNOS/c1-5-3-6(2)12-8(5)10-7(11)4-9/h3H,4H2,1-2H3,(H,10,11). The molecule has 0 aliphatic heterocycles. The minimum absolute atomic E-state index is 0.0103. The van der Waals surface area contributed by atoms with Gasteiger partial charge in [-0.1, -0.05) is 0 Å². The lowest BCUT2D eigenvalue weighted by Crippen LogP contribution is -2.11. The largest absolute Gasteiger partial charge is 0.316 e. The van der Waals surface area contributed by atoms with Crippen LogP contribution in [0.4, 0.5) is 5.00 Å². The number of hydrogen-bond donors (Lipinski definition) is 1. The van der Waals surface area contributed by atoms with Crippen LogP contribution in [0.25, 0.3) is 0 Å². The molecule has 0 aliphatic rings. The van der Waals surface area contributed by atoms with Crippen molar-refractivity contribution >= 4 is 33.8 Å². The quantitative estimate of drug-likeness (QED) is 0.736. The Kier molecular flexibility index (Phi) is 3.12. The lowest BCUT2D eigenvalue weighted by molar-refractivity contribution is -0.113. The van der Waals surface area contributed by atoms with Crippen molar-refractivity contribution in [3.05, 3.63) is 16.5 Å². The molecule has 4 heteroatoms. The molecule has 0 bridgehead atoms. The fraction of sp³-hybridized carbons (Fsp3) is 0.375. The molecule has 1 heterocycles. The maximum absolute atomic E-state index is 10.9. The average molecular weight is 204 g/mol. The minimum atomic E-state index is -0.151. The smallest absolute Gasteiger partial charge is 0.239 e. The van der Waals surface area contributed by atoms with Crippen molar-refractivity contribution in [3.8, 4) is 0 Å². The molecule has 2 nitrogen and oxygen atoms in total. The van der Waals surface area contributed by atoms with E-state index in [4.69, 9.17) is 11.6 Å². The van der Waals surface area contributed by atoms with Gasteiger partial charge < -0.3 is 5.32 Å². The molecule has 0 fully saturated rings. The summed E-state index contributed by atoms with van der Waals surface area (Å²) in [6.45, 7) is 3.97. The topological polar surface area (TPSA) is 29.1 Å². The summed E-state index contributed by atoms with van der Waals surface area (Å²) in [5.74, 6) is -0.141. The van der Waals surface area contributed by atoms with Gasteiger partial charge in [0.1, 0.15) is 5.88 Å². The van der Waals surface area contributed by atoms with Gasteiger partial charge in [0.15, 0.2) is 0 Å². The molecule has 0 saturated heterocycles. The number of aryl methyl sites for hydroxylation is 2. The van der Waals surface area contributed by atoms with Crippen LogP contribution in [0.3, 0.4) is 0 Å². The fourth-order valence-electron chi connectivity index (χ4n) is 0.926. The number of amides is 1. The van der Waals surface area contributed by atoms with Crippen LogP contribution in [-0.2, 0) is 4.79 Å². The molecule has 0 unspecified atom stereocenters. The number of hydrogen-bond acceptors (Lipinski definition) is 2. The number of carbonyl (C=O) groups excluding carboxylic acids is 1. The van der Waals surface area contributed by atoms with E-state index in [0.717, 1.165) is 10.6 Å². The van der Waals surface area contributed by atoms with Gasteiger partial charge in [-0.05, 0) is 25.5 Å². The normalized spacial score (nSPS) is 9.92. The van der Waals surface area contributed by atoms with Crippen molar-refractivity contribution < 1.29 is 4.79 Å². The van der Waals surface area contributed by atoms with Crippen molar-refractivity contribution in [1.29, 1.82) is 0 Å². The SMILES string of the molecule is Cc1cc(C)c(NC(=O)CCl)s1. The summed E-state index contributed by atoms with van der Waals surface area (Å²) in [5, 5.41) is 3.63. The molecule has 1 aromatic heterocycles. The van der Waals surface area contributed by atoms with E-state index in [-0.39, 0.29) is 11.8 Å². The van der Waals surface area contributed by atoms with Gasteiger partial charge >= 0.3 is 0 Å². The third-order valence-electron chi connectivity index (χ3n) is 1.42. The monoisotopic (exact) mass is 203 g/mol. The summed E-state index contributed by atoms with van der Waals surface area (Å²) in [6, 6.07) is 2.04. The molecule has 0 aromatic carbocycles. The van der Waals surface area contributed by atoms with Crippen molar-refractivity contribution in [2.45, 2.75) is 13.8 Å². The maximum Gasteiger partial charge on any atom is 0.239 e. The lowest BCUT2D eigenvalue weighted by Gasteiger charge is -1.99. The molecule has 1 N–H and O–H groups in total. The Morgan fingerprint density at radius 1 is 1.67 bits per heavy atom. The second-order valence-corrected chi connectivity index (χ2v) is 4.07. The summed E-state index contributed by atoms with van der Waals surface area (Å²) >= 11 is 6.92. The molecule has 12 heavy (non-hydrogen) atoms. The summed E-state index contributed by atoms with van der Waals surface area (Å²) in [5.41, 5.74) is 1.09. The number of nitrogens with one attached hydrogen (secondary N) is 1. The minimum Gasteiger partial charge on any atom is -0.316 e. The third kappa shape index (κ3) is 2.22. The first-order valence-corrected chi connectivity index (χ1v) is 4.91. The van der Waals surface area contributed by atoms with Gasteiger partial charge in [0, 0.05) is 4.88 Å². The molecule has 0 aliphatic carbocycles. The van der Waals surface area contributed by atoms with E-state index in [1.807, 2.05) is 19.9 Å². The van der Waals surface area contributed by atoms with Crippen LogP contribution in [0.2, 0.25) is 0 Å². The highest BCUT2D eigenvalue weighted by Crippen LogP contribution is 2.26. The van der Waals surface area contributed by atoms with Gasteiger partial charge in [-0.2, -0.15) is 0 Å². The first-order valence-electron chi connectivity index (χ1n) is 3.56. The molecule has 0 spiro atoms. The number of alkyl halides is 1. The number of carbonyl (C=O) groups is 1. The molecule has 1 amide bonds. The van der Waals surface area contributed by atoms with Crippen LogP contribution >= 0.6 is 22.9 Å². The van der Waals surface area contributed by atoms with Crippen LogP contribution in [-0.4, -0.2) is 11.8 Å². The number of anilines is 1. The van der Waals surface area contributed by atoms with Crippen molar-refractivity contribution in [2.75, 3.05) is 11.2 Å². The molecular formula is C8H10ClNOS. The van der Waals surface area contributed by atoms with Gasteiger partial charge in [-0.25, -0.2) is 0 Å². The van der Waals surface area contributed by atoms with Crippen molar-refractivity contribution in [3.63, 3.8) is 0 Å². The average Bonchev–Trinajstić information content (AvgIpc) is 2.30. The van der Waals surface area contributed by atoms with E-state index in [2.05, 4.69) is 5.32 Å². The van der Waals surface area contributed by atoms with Crippen LogP contribution in [0, 0.1) is 13.8 Å². The first kappa shape index (κ1) is 9.55. The Bertz CT molecular complexity index is 295. The van der Waals surface area contributed by atoms with Gasteiger partial charge in [-0.3, -0.25) is 4.79 Å². The molecule has 1 aromatic rings. The molecule has 66 valence electrons. The first-order chi connectivity index (χ1) is 5.63. The third-order valence-corrected chi connectivity index (χ3v) is 2.73. The highest BCUT2D eigenvalue weighted by Gasteiger charge is 2.05. The highest BCUT2D eigenvalue weighted by atomic mass is 35.5. The summed E-state index contributed by atoms with van der Waals surface area (Å²) in [4.78, 5) is 12.1. The number of thiophene rings is 1. The van der Waals surface area contributed by atoms with E-state index < -0.39 is 0 Å². The highest BCUT2D eigenvalue weighted by molar-refractivity contribution is 7.16. The predicted molar refractivity (Wildman–Crippen MR) is 53.1 cm³/mol. The molecule has 0 atom stereocenters. The fourth-order valence-corrected chi connectivity index (χ4v) is 1.93. The maximum atomic E-state index is 10.9. The van der Waals surface area contributed by atoms with E-state index in [9.17, 15) is 4.79 Å². The Balaban J connectivity index is 2.75. The zero-order chi connectivity index (χ0) is 9.14. The van der Waals surface area contributed by atoms with E-state index in [1.54, 1.807) is 11.3 Å². The van der Waals surface area contributed by atoms with Crippen molar-refractivity contribution in [1.82, 2.24) is 0 Å². The van der Waals surface area contributed by atoms with E-state index >= 15 is 0 Å². The van der Waals surface area contributed by atoms with Gasteiger partial charge in [-0.15, -0.1) is 22.9 Å². The van der Waals surface area contributed by atoms with Gasteiger partial charge in [0.05, 0.1) is 5.00 Å². The van der Waals surface area contributed by atoms with Crippen molar-refractivity contribution in [2.24, 2.45) is 0 Å². The predicted octanol–water partition coefficient (Wildman–Crippen LogP) is 2.54. The van der Waals surface area contributed by atoms with Gasteiger partial charge in [0.2, 0.25) is 5.91 Å². The zero-order valence-corrected chi connectivity index (χ0v) is 8.55. The van der Waals surface area contributed by atoms with Crippen LogP contribution < -0.4 is 5.32 Å². The van der Waals surface area contributed by atoms with E-state index in [1.165, 1.54) is 4.88 Å². The summed E-state index contributed by atoms with van der Waals surface area (Å²) in [6.07, 6.45) is 0. The zero-order valence-electron chi connectivity index (χ0n) is 6.98. The number of halogens is 1. The van der Waals surface area contributed by atoms with Crippen LogP contribution in [0.15, 0.2) is 6.07 Å². The van der Waals surface area contributed by atoms with Crippen LogP contribution in [0.1, 0.15) is 10.4 Å². The second-order valence-electron chi connectivity index (χ2n) is 2.55. The summed E-state index contributed by atoms with van der Waals surface area (Å²) in [7, 11) is 0. The Morgan fingerprint density at radius 3 is 2.75 bits per heavy atom. The lowest BCUT2D eigenvalue weighted by atomic mass is 10.3. The second kappa shape index (κ2) is 3.92. The summed E-state index contributed by atoms with van der Waals surface area (Å²) < 4.78 is 0. The molecule has 0 saturated carbocycles. The van der Waals surface area contributed by atoms with Gasteiger partial charge in [0.25, 0.3) is 0 Å². The van der Waals surface area contributed by atoms with E-state index in [0.29, 0.717) is 0 Å². The molecule has 0 radical (unpaired) electrons. The number of rotatable bonds is 2. The van der Waals surface area contributed by atoms with Crippen LogP contribution in [0.5, 0.6) is 0 Å².